The Labute approximate surface area is 149 Å². The summed E-state index contributed by atoms with van der Waals surface area (Å²) in [6, 6.07) is 19.8. The molecule has 3 rings (SSSR count). The summed E-state index contributed by atoms with van der Waals surface area (Å²) in [6.07, 6.45) is 0. The molecule has 0 atom stereocenters. The van der Waals surface area contributed by atoms with E-state index in [1.807, 2.05) is 42.5 Å². The number of carbonyl (C=O) groups is 1. The molecule has 5 nitrogen and oxygen atoms in total. The van der Waals surface area contributed by atoms with Gasteiger partial charge in [-0.25, -0.2) is 4.68 Å². The van der Waals surface area contributed by atoms with Crippen molar-refractivity contribution in [2.24, 2.45) is 0 Å². The first-order valence-corrected chi connectivity index (χ1v) is 8.14. The molecule has 126 valence electrons. The number of hydrogen-bond acceptors (Lipinski definition) is 3. The molecule has 6 heteroatoms. The minimum Gasteiger partial charge on any atom is -0.350 e. The first kappa shape index (κ1) is 16.9. The second-order valence-corrected chi connectivity index (χ2v) is 5.92. The number of benzene rings is 2. The summed E-state index contributed by atoms with van der Waals surface area (Å²) < 4.78 is 1.16. The fraction of sp³-hybridized carbons (Fsp3) is 0.105. The molecule has 25 heavy (non-hydrogen) atoms. The number of carbonyl (C=O) groups excluding carboxylic acids is 1. The molecule has 0 aliphatic heterocycles. The molecule has 0 aliphatic rings. The van der Waals surface area contributed by atoms with Gasteiger partial charge in [0.05, 0.1) is 5.69 Å². The van der Waals surface area contributed by atoms with E-state index in [4.69, 9.17) is 11.6 Å². The first-order chi connectivity index (χ1) is 12.1. The van der Waals surface area contributed by atoms with E-state index < -0.39 is 0 Å². The number of nitrogens with zero attached hydrogens (tertiary/aromatic N) is 2. The molecule has 0 saturated heterocycles. The SMILES string of the molecule is O=C(Cn1nc(-c2ccccc2)ccc1=O)NCc1cccc(Cl)c1. The molecule has 0 aliphatic carbocycles. The topological polar surface area (TPSA) is 64.0 Å². The van der Waals surface area contributed by atoms with Crippen LogP contribution in [0, 0.1) is 0 Å². The van der Waals surface area contributed by atoms with Crippen molar-refractivity contribution in [1.29, 1.82) is 0 Å². The zero-order valence-corrected chi connectivity index (χ0v) is 14.1. The maximum absolute atomic E-state index is 12.1. The number of amides is 1. The summed E-state index contributed by atoms with van der Waals surface area (Å²) in [7, 11) is 0. The van der Waals surface area contributed by atoms with Crippen LogP contribution < -0.4 is 10.9 Å². The Balaban J connectivity index is 1.69. The highest BCUT2D eigenvalue weighted by molar-refractivity contribution is 6.30. The van der Waals surface area contributed by atoms with Crippen LogP contribution >= 0.6 is 11.6 Å². The van der Waals surface area contributed by atoms with Crippen LogP contribution in [-0.4, -0.2) is 15.7 Å². The Kier molecular flexibility index (Phi) is 5.26. The average molecular weight is 354 g/mol. The fourth-order valence-corrected chi connectivity index (χ4v) is 2.58. The van der Waals surface area contributed by atoms with Gasteiger partial charge in [-0.2, -0.15) is 5.10 Å². The zero-order valence-electron chi connectivity index (χ0n) is 13.4. The molecule has 0 spiro atoms. The average Bonchev–Trinajstić information content (AvgIpc) is 2.63. The van der Waals surface area contributed by atoms with Crippen LogP contribution in [0.25, 0.3) is 11.3 Å². The third-order valence-electron chi connectivity index (χ3n) is 3.61. The summed E-state index contributed by atoms with van der Waals surface area (Å²) in [5.41, 5.74) is 2.09. The lowest BCUT2D eigenvalue weighted by Gasteiger charge is -2.08. The maximum Gasteiger partial charge on any atom is 0.267 e. The molecule has 1 aromatic heterocycles. The van der Waals surface area contributed by atoms with Gasteiger partial charge in [-0.15, -0.1) is 0 Å². The van der Waals surface area contributed by atoms with Crippen LogP contribution in [-0.2, 0) is 17.9 Å². The van der Waals surface area contributed by atoms with Crippen molar-refractivity contribution in [3.05, 3.63) is 87.7 Å². The van der Waals surface area contributed by atoms with Crippen LogP contribution in [0.3, 0.4) is 0 Å². The quantitative estimate of drug-likeness (QED) is 0.767. The van der Waals surface area contributed by atoms with E-state index in [2.05, 4.69) is 10.4 Å². The summed E-state index contributed by atoms with van der Waals surface area (Å²) in [6.45, 7) is 0.201. The van der Waals surface area contributed by atoms with Crippen molar-refractivity contribution in [3.8, 4) is 11.3 Å². The lowest BCUT2D eigenvalue weighted by molar-refractivity contribution is -0.122. The van der Waals surface area contributed by atoms with E-state index in [0.29, 0.717) is 17.3 Å². The van der Waals surface area contributed by atoms with E-state index in [1.165, 1.54) is 6.07 Å². The Morgan fingerprint density at radius 1 is 1.04 bits per heavy atom. The number of nitrogens with one attached hydrogen (secondary N) is 1. The second-order valence-electron chi connectivity index (χ2n) is 5.49. The van der Waals surface area contributed by atoms with Gasteiger partial charge in [0.2, 0.25) is 5.91 Å². The highest BCUT2D eigenvalue weighted by atomic mass is 35.5. The molecule has 2 aromatic carbocycles. The Morgan fingerprint density at radius 3 is 2.60 bits per heavy atom. The van der Waals surface area contributed by atoms with Gasteiger partial charge in [0.25, 0.3) is 5.56 Å². The molecule has 0 fully saturated rings. The Bertz CT molecular complexity index is 939. The van der Waals surface area contributed by atoms with E-state index in [1.54, 1.807) is 18.2 Å². The van der Waals surface area contributed by atoms with Gasteiger partial charge in [0.1, 0.15) is 6.54 Å². The highest BCUT2D eigenvalue weighted by Gasteiger charge is 2.08. The number of halogens is 1. The van der Waals surface area contributed by atoms with Gasteiger partial charge in [-0.3, -0.25) is 9.59 Å². The van der Waals surface area contributed by atoms with Crippen LogP contribution in [0.5, 0.6) is 0 Å². The molecule has 0 radical (unpaired) electrons. The van der Waals surface area contributed by atoms with Crippen molar-refractivity contribution in [1.82, 2.24) is 15.1 Å². The van der Waals surface area contributed by atoms with Crippen LogP contribution in [0.4, 0.5) is 0 Å². The summed E-state index contributed by atoms with van der Waals surface area (Å²) in [5, 5.41) is 7.65. The third kappa shape index (κ3) is 4.55. The lowest BCUT2D eigenvalue weighted by Crippen LogP contribution is -2.33. The smallest absolute Gasteiger partial charge is 0.267 e. The number of rotatable bonds is 5. The molecule has 0 unspecified atom stereocenters. The Morgan fingerprint density at radius 2 is 1.84 bits per heavy atom. The second kappa shape index (κ2) is 7.77. The fourth-order valence-electron chi connectivity index (χ4n) is 2.36. The highest BCUT2D eigenvalue weighted by Crippen LogP contribution is 2.14. The minimum absolute atomic E-state index is 0.139. The van der Waals surface area contributed by atoms with Gasteiger partial charge in [-0.05, 0) is 23.8 Å². The molecule has 0 bridgehead atoms. The summed E-state index contributed by atoms with van der Waals surface area (Å²) in [5.74, 6) is -0.292. The van der Waals surface area contributed by atoms with Crippen molar-refractivity contribution in [2.45, 2.75) is 13.1 Å². The van der Waals surface area contributed by atoms with Gasteiger partial charge in [-0.1, -0.05) is 54.1 Å². The zero-order chi connectivity index (χ0) is 17.6. The van der Waals surface area contributed by atoms with Crippen LogP contribution in [0.2, 0.25) is 5.02 Å². The summed E-state index contributed by atoms with van der Waals surface area (Å²) >= 11 is 5.92. The van der Waals surface area contributed by atoms with Crippen molar-refractivity contribution >= 4 is 17.5 Å². The van der Waals surface area contributed by atoms with Crippen molar-refractivity contribution < 1.29 is 4.79 Å². The van der Waals surface area contributed by atoms with Crippen LogP contribution in [0.1, 0.15) is 5.56 Å². The van der Waals surface area contributed by atoms with Gasteiger partial charge in [0, 0.05) is 23.2 Å². The van der Waals surface area contributed by atoms with Crippen molar-refractivity contribution in [2.75, 3.05) is 0 Å². The number of hydrogen-bond donors (Lipinski definition) is 1. The van der Waals surface area contributed by atoms with E-state index in [0.717, 1.165) is 15.8 Å². The first-order valence-electron chi connectivity index (χ1n) is 7.76. The monoisotopic (exact) mass is 353 g/mol. The molecular weight excluding hydrogens is 338 g/mol. The molecule has 1 N–H and O–H groups in total. The minimum atomic E-state index is -0.322. The van der Waals surface area contributed by atoms with Gasteiger partial charge < -0.3 is 5.32 Å². The van der Waals surface area contributed by atoms with E-state index in [-0.39, 0.29) is 18.0 Å². The molecule has 3 aromatic rings. The number of aromatic nitrogens is 2. The predicted molar refractivity (Wildman–Crippen MR) is 97.2 cm³/mol. The predicted octanol–water partition coefficient (Wildman–Crippen LogP) is 2.88. The van der Waals surface area contributed by atoms with Crippen LogP contribution in [0.15, 0.2) is 71.5 Å². The normalized spacial score (nSPS) is 10.4. The lowest BCUT2D eigenvalue weighted by atomic mass is 10.1. The van der Waals surface area contributed by atoms with E-state index in [9.17, 15) is 9.59 Å². The van der Waals surface area contributed by atoms with Gasteiger partial charge in [0.15, 0.2) is 0 Å². The molecule has 1 heterocycles. The van der Waals surface area contributed by atoms with Crippen molar-refractivity contribution in [3.63, 3.8) is 0 Å². The molecule has 0 saturated carbocycles. The molecular formula is C19H16ClN3O2. The largest absolute Gasteiger partial charge is 0.350 e. The summed E-state index contributed by atoms with van der Waals surface area (Å²) in [4.78, 5) is 24.1. The third-order valence-corrected chi connectivity index (χ3v) is 3.84. The molecule has 1 amide bonds. The Hall–Kier alpha value is -2.92. The van der Waals surface area contributed by atoms with Gasteiger partial charge >= 0.3 is 0 Å². The van der Waals surface area contributed by atoms with E-state index >= 15 is 0 Å². The standard InChI is InChI=1S/C19H16ClN3O2/c20-16-8-4-5-14(11-16)12-21-18(24)13-23-19(25)10-9-17(22-23)15-6-2-1-3-7-15/h1-11H,12-13H2,(H,21,24). The maximum atomic E-state index is 12.1.